The van der Waals surface area contributed by atoms with Crippen molar-refractivity contribution >= 4 is 5.97 Å². The number of aliphatic carboxylic acids is 1. The van der Waals surface area contributed by atoms with Gasteiger partial charge >= 0.3 is 5.97 Å². The maximum absolute atomic E-state index is 11.3. The highest BCUT2D eigenvalue weighted by molar-refractivity contribution is 5.70. The van der Waals surface area contributed by atoms with Gasteiger partial charge in [-0.2, -0.15) is 0 Å². The molecule has 1 unspecified atom stereocenters. The molecule has 21 heavy (non-hydrogen) atoms. The lowest BCUT2D eigenvalue weighted by Crippen LogP contribution is -2.28. The Morgan fingerprint density at radius 2 is 1.52 bits per heavy atom. The van der Waals surface area contributed by atoms with Gasteiger partial charge in [0, 0.05) is 13.1 Å². The number of benzene rings is 2. The third-order valence-electron chi connectivity index (χ3n) is 3.54. The number of rotatable bonds is 8. The van der Waals surface area contributed by atoms with E-state index in [1.807, 2.05) is 60.7 Å². The lowest BCUT2D eigenvalue weighted by atomic mass is 9.99. The largest absolute Gasteiger partial charge is 0.481 e. The molecule has 0 amide bonds. The quantitative estimate of drug-likeness (QED) is 0.782. The number of carboxylic acid groups (broad SMARTS) is 1. The predicted octanol–water partition coefficient (Wildman–Crippen LogP) is 3.11. The number of nitrogens with one attached hydrogen (secondary N) is 1. The third kappa shape index (κ3) is 5.40. The van der Waals surface area contributed by atoms with Gasteiger partial charge in [-0.3, -0.25) is 4.79 Å². The van der Waals surface area contributed by atoms with Gasteiger partial charge in [-0.25, -0.2) is 0 Å². The lowest BCUT2D eigenvalue weighted by Gasteiger charge is -2.13. The molecule has 0 saturated carbocycles. The fraction of sp³-hybridized carbons (Fsp3) is 0.278. The van der Waals surface area contributed by atoms with E-state index in [9.17, 15) is 9.90 Å². The van der Waals surface area contributed by atoms with Crippen LogP contribution in [-0.4, -0.2) is 17.6 Å². The van der Waals surface area contributed by atoms with Gasteiger partial charge in [0.2, 0.25) is 0 Å². The van der Waals surface area contributed by atoms with Crippen molar-refractivity contribution < 1.29 is 9.90 Å². The zero-order valence-electron chi connectivity index (χ0n) is 12.0. The summed E-state index contributed by atoms with van der Waals surface area (Å²) in [5.74, 6) is -1.08. The molecule has 0 aliphatic rings. The Morgan fingerprint density at radius 3 is 2.10 bits per heavy atom. The van der Waals surface area contributed by atoms with Crippen LogP contribution in [0.5, 0.6) is 0 Å². The minimum Gasteiger partial charge on any atom is -0.481 e. The molecule has 0 aromatic heterocycles. The fourth-order valence-corrected chi connectivity index (χ4v) is 2.29. The highest BCUT2D eigenvalue weighted by atomic mass is 16.4. The number of carbonyl (C=O) groups is 1. The zero-order chi connectivity index (χ0) is 14.9. The van der Waals surface area contributed by atoms with E-state index in [1.54, 1.807) is 0 Å². The van der Waals surface area contributed by atoms with Gasteiger partial charge in [-0.05, 0) is 24.0 Å². The van der Waals surface area contributed by atoms with Crippen molar-refractivity contribution in [1.82, 2.24) is 5.32 Å². The standard InChI is InChI=1S/C18H21NO2/c20-18(21)17(12-11-15-7-3-1-4-8-15)14-19-13-16-9-5-2-6-10-16/h1-10,17,19H,11-14H2,(H,20,21). The first kappa shape index (κ1) is 15.3. The minimum atomic E-state index is -0.730. The SMILES string of the molecule is O=C(O)C(CCc1ccccc1)CNCc1ccccc1. The van der Waals surface area contributed by atoms with E-state index < -0.39 is 5.97 Å². The maximum Gasteiger partial charge on any atom is 0.307 e. The molecule has 2 rings (SSSR count). The van der Waals surface area contributed by atoms with Crippen LogP contribution in [0.25, 0.3) is 0 Å². The average molecular weight is 283 g/mol. The van der Waals surface area contributed by atoms with Crippen LogP contribution in [0, 0.1) is 5.92 Å². The Kier molecular flexibility index (Phi) is 5.98. The van der Waals surface area contributed by atoms with Crippen LogP contribution >= 0.6 is 0 Å². The number of hydrogen-bond donors (Lipinski definition) is 2. The van der Waals surface area contributed by atoms with Crippen LogP contribution in [0.1, 0.15) is 17.5 Å². The Hall–Kier alpha value is -2.13. The van der Waals surface area contributed by atoms with Crippen molar-refractivity contribution in [2.75, 3.05) is 6.54 Å². The van der Waals surface area contributed by atoms with Gasteiger partial charge in [0.05, 0.1) is 5.92 Å². The van der Waals surface area contributed by atoms with Gasteiger partial charge in [0.1, 0.15) is 0 Å². The molecule has 2 aromatic carbocycles. The molecule has 2 aromatic rings. The molecule has 0 saturated heterocycles. The molecule has 0 aliphatic carbocycles. The van der Waals surface area contributed by atoms with Crippen molar-refractivity contribution in [2.24, 2.45) is 5.92 Å². The smallest absolute Gasteiger partial charge is 0.307 e. The summed E-state index contributed by atoms with van der Waals surface area (Å²) in [6, 6.07) is 20.0. The normalized spacial score (nSPS) is 12.0. The first-order chi connectivity index (χ1) is 10.3. The molecule has 3 nitrogen and oxygen atoms in total. The highest BCUT2D eigenvalue weighted by Crippen LogP contribution is 2.10. The Balaban J connectivity index is 1.78. The molecule has 110 valence electrons. The van der Waals surface area contributed by atoms with Crippen molar-refractivity contribution in [3.05, 3.63) is 71.8 Å². The van der Waals surface area contributed by atoms with Crippen molar-refractivity contribution in [3.8, 4) is 0 Å². The van der Waals surface area contributed by atoms with Crippen molar-refractivity contribution in [3.63, 3.8) is 0 Å². The van der Waals surface area contributed by atoms with Crippen LogP contribution in [0.15, 0.2) is 60.7 Å². The minimum absolute atomic E-state index is 0.353. The summed E-state index contributed by atoms with van der Waals surface area (Å²) in [4.78, 5) is 11.3. The summed E-state index contributed by atoms with van der Waals surface area (Å²) in [5.41, 5.74) is 2.36. The Labute approximate surface area is 125 Å². The van der Waals surface area contributed by atoms with Gasteiger partial charge in [0.25, 0.3) is 0 Å². The summed E-state index contributed by atoms with van der Waals surface area (Å²) >= 11 is 0. The van der Waals surface area contributed by atoms with Crippen LogP contribution in [-0.2, 0) is 17.8 Å². The molecule has 0 heterocycles. The molecule has 0 radical (unpaired) electrons. The van der Waals surface area contributed by atoms with E-state index >= 15 is 0 Å². The summed E-state index contributed by atoms with van der Waals surface area (Å²) in [5, 5.41) is 12.5. The molecule has 0 bridgehead atoms. The molecule has 2 N–H and O–H groups in total. The van der Waals surface area contributed by atoms with Crippen LogP contribution in [0.4, 0.5) is 0 Å². The van der Waals surface area contributed by atoms with Crippen LogP contribution in [0.2, 0.25) is 0 Å². The van der Waals surface area contributed by atoms with E-state index in [4.69, 9.17) is 0 Å². The molecule has 3 heteroatoms. The first-order valence-corrected chi connectivity index (χ1v) is 7.27. The molecule has 0 fully saturated rings. The summed E-state index contributed by atoms with van der Waals surface area (Å²) in [6.07, 6.45) is 1.45. The summed E-state index contributed by atoms with van der Waals surface area (Å²) in [6.45, 7) is 1.20. The molecule has 1 atom stereocenters. The van der Waals surface area contributed by atoms with Crippen LogP contribution in [0.3, 0.4) is 0 Å². The Bertz CT molecular complexity index is 540. The van der Waals surface area contributed by atoms with Gasteiger partial charge < -0.3 is 10.4 Å². The zero-order valence-corrected chi connectivity index (χ0v) is 12.0. The van der Waals surface area contributed by atoms with Gasteiger partial charge in [0.15, 0.2) is 0 Å². The molecular formula is C18H21NO2. The first-order valence-electron chi connectivity index (χ1n) is 7.27. The van der Waals surface area contributed by atoms with Gasteiger partial charge in [-0.15, -0.1) is 0 Å². The molecule has 0 aliphatic heterocycles. The number of hydrogen-bond acceptors (Lipinski definition) is 2. The second-order valence-electron chi connectivity index (χ2n) is 5.18. The average Bonchev–Trinajstić information content (AvgIpc) is 2.52. The predicted molar refractivity (Wildman–Crippen MR) is 84.0 cm³/mol. The summed E-state index contributed by atoms with van der Waals surface area (Å²) < 4.78 is 0. The lowest BCUT2D eigenvalue weighted by molar-refractivity contribution is -0.141. The molecule has 0 spiro atoms. The van der Waals surface area contributed by atoms with Crippen molar-refractivity contribution in [2.45, 2.75) is 19.4 Å². The fourth-order valence-electron chi connectivity index (χ4n) is 2.29. The van der Waals surface area contributed by atoms with E-state index in [0.29, 0.717) is 19.5 Å². The van der Waals surface area contributed by atoms with E-state index in [0.717, 1.165) is 6.42 Å². The second-order valence-corrected chi connectivity index (χ2v) is 5.18. The topological polar surface area (TPSA) is 49.3 Å². The van der Waals surface area contributed by atoms with E-state index in [1.165, 1.54) is 11.1 Å². The molecular weight excluding hydrogens is 262 g/mol. The highest BCUT2D eigenvalue weighted by Gasteiger charge is 2.16. The van der Waals surface area contributed by atoms with E-state index in [2.05, 4.69) is 5.32 Å². The Morgan fingerprint density at radius 1 is 0.952 bits per heavy atom. The van der Waals surface area contributed by atoms with Crippen LogP contribution < -0.4 is 5.32 Å². The monoisotopic (exact) mass is 283 g/mol. The van der Waals surface area contributed by atoms with Gasteiger partial charge in [-0.1, -0.05) is 60.7 Å². The maximum atomic E-state index is 11.3. The number of aryl methyl sites for hydroxylation is 1. The third-order valence-corrected chi connectivity index (χ3v) is 3.54. The number of carboxylic acids is 1. The summed E-state index contributed by atoms with van der Waals surface area (Å²) in [7, 11) is 0. The van der Waals surface area contributed by atoms with E-state index in [-0.39, 0.29) is 5.92 Å². The van der Waals surface area contributed by atoms with Crippen molar-refractivity contribution in [1.29, 1.82) is 0 Å². The second kappa shape index (κ2) is 8.22.